The summed E-state index contributed by atoms with van der Waals surface area (Å²) in [5.74, 6) is 0.637. The van der Waals surface area contributed by atoms with Crippen LogP contribution < -0.4 is 14.4 Å². The molecule has 14 heteroatoms. The van der Waals surface area contributed by atoms with Crippen molar-refractivity contribution < 1.29 is 23.5 Å². The molecule has 6 aromatic rings. The number of piperazine rings is 1. The van der Waals surface area contributed by atoms with E-state index in [0.717, 1.165) is 28.1 Å². The fraction of sp³-hybridized carbons (Fsp3) is 0.289. The molecule has 2 aliphatic rings. The van der Waals surface area contributed by atoms with E-state index in [4.69, 9.17) is 9.47 Å². The molecule has 0 saturated carbocycles. The van der Waals surface area contributed by atoms with Crippen molar-refractivity contribution >= 4 is 39.5 Å². The van der Waals surface area contributed by atoms with Crippen molar-refractivity contribution in [2.24, 2.45) is 0 Å². The van der Waals surface area contributed by atoms with Crippen LogP contribution in [0.1, 0.15) is 28.9 Å². The number of aromatic amines is 1. The van der Waals surface area contributed by atoms with Crippen LogP contribution >= 0.6 is 0 Å². The normalized spacial score (nSPS) is 15.0. The quantitative estimate of drug-likeness (QED) is 0.226. The van der Waals surface area contributed by atoms with Crippen molar-refractivity contribution in [3.63, 3.8) is 0 Å². The fourth-order valence-electron chi connectivity index (χ4n) is 7.23. The number of para-hydroxylation sites is 1. The number of aromatic nitrogens is 6. The number of fused-ring (bicyclic) bond motifs is 2. The largest absolute Gasteiger partial charge is 0.496 e. The summed E-state index contributed by atoms with van der Waals surface area (Å²) in [4.78, 5) is 36.1. The van der Waals surface area contributed by atoms with Gasteiger partial charge in [0.1, 0.15) is 22.7 Å². The first kappa shape index (κ1) is 33.0. The van der Waals surface area contributed by atoms with Crippen molar-refractivity contribution in [2.75, 3.05) is 58.4 Å². The summed E-state index contributed by atoms with van der Waals surface area (Å²) in [6.45, 7) is 3.40. The first-order chi connectivity index (χ1) is 25.4. The molecule has 0 atom stereocenters. The van der Waals surface area contributed by atoms with Gasteiger partial charge < -0.3 is 29.2 Å². The zero-order chi connectivity index (χ0) is 35.8. The molecule has 2 amide bonds. The van der Waals surface area contributed by atoms with Gasteiger partial charge >= 0.3 is 0 Å². The first-order valence-electron chi connectivity index (χ1n) is 17.3. The molecule has 266 valence electrons. The number of amides is 2. The Balaban J connectivity index is 1.08. The Morgan fingerprint density at radius 2 is 1.73 bits per heavy atom. The Bertz CT molecular complexity index is 2300. The van der Waals surface area contributed by atoms with Crippen molar-refractivity contribution in [1.29, 1.82) is 0 Å². The number of carbonyl (C=O) groups excluding carboxylic acids is 2. The first-order valence-corrected chi connectivity index (χ1v) is 17.3. The average Bonchev–Trinajstić information content (AvgIpc) is 3.99. The maximum Gasteiger partial charge on any atom is 0.270 e. The fourth-order valence-corrected chi connectivity index (χ4v) is 7.23. The molecule has 0 aliphatic carbocycles. The topological polar surface area (TPSA) is 126 Å². The number of ether oxygens (including phenoxy) is 2. The molecular weight excluding hydrogens is 665 g/mol. The van der Waals surface area contributed by atoms with Crippen LogP contribution in [-0.4, -0.2) is 105 Å². The number of methoxy groups -OCH3 is 2. The number of carbonyl (C=O) groups is 2. The van der Waals surface area contributed by atoms with Gasteiger partial charge in [-0.05, 0) is 41.8 Å². The lowest BCUT2D eigenvalue weighted by molar-refractivity contribution is -0.131. The number of pyridine rings is 1. The molecule has 13 nitrogen and oxygen atoms in total. The number of nitrogens with one attached hydrogen (secondary N) is 1. The molecule has 1 fully saturated rings. The van der Waals surface area contributed by atoms with E-state index in [0.29, 0.717) is 73.7 Å². The minimum Gasteiger partial charge on any atom is -0.496 e. The summed E-state index contributed by atoms with van der Waals surface area (Å²) in [5.41, 5.74) is 4.95. The third-order valence-electron chi connectivity index (χ3n) is 9.96. The van der Waals surface area contributed by atoms with Gasteiger partial charge in [-0.3, -0.25) is 14.3 Å². The second-order valence-corrected chi connectivity index (χ2v) is 12.9. The van der Waals surface area contributed by atoms with Crippen molar-refractivity contribution in [2.45, 2.75) is 19.4 Å². The number of halogens is 1. The maximum absolute atomic E-state index is 16.7. The summed E-state index contributed by atoms with van der Waals surface area (Å²) in [6.07, 6.45) is 9.83. The highest BCUT2D eigenvalue weighted by Crippen LogP contribution is 2.40. The summed E-state index contributed by atoms with van der Waals surface area (Å²) >= 11 is 0. The van der Waals surface area contributed by atoms with Gasteiger partial charge in [0.05, 0.1) is 50.6 Å². The number of benzene rings is 2. The Kier molecular flexibility index (Phi) is 8.79. The number of nitrogens with zero attached hydrogens (tertiary/aromatic N) is 8. The summed E-state index contributed by atoms with van der Waals surface area (Å²) in [6, 6.07) is 15.0. The van der Waals surface area contributed by atoms with Crippen molar-refractivity contribution in [1.82, 2.24) is 39.4 Å². The van der Waals surface area contributed by atoms with Crippen LogP contribution in [0.4, 0.5) is 10.1 Å². The minimum atomic E-state index is -0.469. The molecule has 1 saturated heterocycles. The van der Waals surface area contributed by atoms with E-state index in [1.807, 2.05) is 54.7 Å². The zero-order valence-electron chi connectivity index (χ0n) is 29.0. The summed E-state index contributed by atoms with van der Waals surface area (Å²) < 4.78 is 31.5. The van der Waals surface area contributed by atoms with Crippen molar-refractivity contribution in [3.05, 3.63) is 96.5 Å². The Morgan fingerprint density at radius 1 is 0.904 bits per heavy atom. The molecule has 52 heavy (non-hydrogen) atoms. The number of rotatable bonds is 9. The van der Waals surface area contributed by atoms with Gasteiger partial charge in [-0.1, -0.05) is 29.5 Å². The van der Waals surface area contributed by atoms with E-state index in [1.165, 1.54) is 0 Å². The van der Waals surface area contributed by atoms with Crippen LogP contribution in [0, 0.1) is 5.82 Å². The summed E-state index contributed by atoms with van der Waals surface area (Å²) in [7, 11) is 3.24. The average molecular weight is 704 g/mol. The lowest BCUT2D eigenvalue weighted by Gasteiger charge is -2.36. The molecule has 0 radical (unpaired) electrons. The maximum atomic E-state index is 16.7. The molecule has 0 spiro atoms. The van der Waals surface area contributed by atoms with Gasteiger partial charge in [0, 0.05) is 74.5 Å². The standard InChI is InChI=1S/C38H38FN9O4/c1-51-33-8-4-3-7-27(33)29-21-28(25-6-5-13-46(23-25)35(49)10-14-47-15-12-40-43-47)36(39)37-30(29)22-31(42-37)38(50)45-18-16-44(17-19-45)26-20-34(52-2)32-9-11-41-48(32)24-26/h3-4,6-9,11-12,15,20-22,24,42H,5,10,13-14,16-19,23H2,1-2H3. The van der Waals surface area contributed by atoms with E-state index in [1.54, 1.807) is 57.9 Å². The van der Waals surface area contributed by atoms with E-state index in [-0.39, 0.29) is 30.3 Å². The lowest BCUT2D eigenvalue weighted by atomic mass is 9.93. The molecule has 8 rings (SSSR count). The lowest BCUT2D eigenvalue weighted by Crippen LogP contribution is -2.49. The second-order valence-electron chi connectivity index (χ2n) is 12.9. The smallest absolute Gasteiger partial charge is 0.270 e. The van der Waals surface area contributed by atoms with Gasteiger partial charge in [-0.15, -0.1) is 5.10 Å². The third kappa shape index (κ3) is 6.09. The van der Waals surface area contributed by atoms with Crippen LogP contribution in [0.15, 0.2) is 79.4 Å². The Hall–Kier alpha value is -6.18. The number of H-pyrrole nitrogens is 1. The number of hydrogen-bond acceptors (Lipinski definition) is 8. The van der Waals surface area contributed by atoms with Crippen LogP contribution in [0.5, 0.6) is 11.5 Å². The van der Waals surface area contributed by atoms with E-state index in [9.17, 15) is 9.59 Å². The molecule has 1 N–H and O–H groups in total. The zero-order valence-corrected chi connectivity index (χ0v) is 29.0. The molecule has 6 heterocycles. The van der Waals surface area contributed by atoms with Crippen LogP contribution in [0.2, 0.25) is 0 Å². The van der Waals surface area contributed by atoms with E-state index < -0.39 is 5.82 Å². The van der Waals surface area contributed by atoms with Crippen LogP contribution in [0.25, 0.3) is 33.1 Å². The molecule has 0 unspecified atom stereocenters. The minimum absolute atomic E-state index is 0.0403. The van der Waals surface area contributed by atoms with Gasteiger partial charge in [0.2, 0.25) is 5.91 Å². The van der Waals surface area contributed by atoms with Crippen LogP contribution in [-0.2, 0) is 11.3 Å². The molecule has 2 aliphatic heterocycles. The van der Waals surface area contributed by atoms with E-state index >= 15 is 4.39 Å². The van der Waals surface area contributed by atoms with Gasteiger partial charge in [0.15, 0.2) is 5.82 Å². The number of anilines is 1. The Labute approximate surface area is 298 Å². The molecule has 4 aromatic heterocycles. The second kappa shape index (κ2) is 13.9. The highest BCUT2D eigenvalue weighted by atomic mass is 19.1. The molecule has 0 bridgehead atoms. The number of hydrogen-bond donors (Lipinski definition) is 1. The monoisotopic (exact) mass is 703 g/mol. The third-order valence-corrected chi connectivity index (χ3v) is 9.96. The number of aryl methyl sites for hydroxylation is 1. The van der Waals surface area contributed by atoms with E-state index in [2.05, 4.69) is 25.3 Å². The predicted octanol–water partition coefficient (Wildman–Crippen LogP) is 4.90. The highest BCUT2D eigenvalue weighted by Gasteiger charge is 2.28. The van der Waals surface area contributed by atoms with Crippen molar-refractivity contribution in [3.8, 4) is 22.6 Å². The predicted molar refractivity (Wildman–Crippen MR) is 194 cm³/mol. The van der Waals surface area contributed by atoms with Gasteiger partial charge in [-0.25, -0.2) is 8.91 Å². The van der Waals surface area contributed by atoms with Gasteiger partial charge in [0.25, 0.3) is 5.91 Å². The molecule has 2 aromatic carbocycles. The summed E-state index contributed by atoms with van der Waals surface area (Å²) in [5, 5.41) is 12.7. The van der Waals surface area contributed by atoms with Gasteiger partial charge in [-0.2, -0.15) is 5.10 Å². The Morgan fingerprint density at radius 3 is 2.52 bits per heavy atom. The van der Waals surface area contributed by atoms with Crippen LogP contribution in [0.3, 0.4) is 0 Å². The highest BCUT2D eigenvalue weighted by molar-refractivity contribution is 6.05. The SMILES string of the molecule is COc1ccccc1-c1cc(C2=CCCN(C(=O)CCn3ccnn3)C2)c(F)c2[nH]c(C(=O)N3CCN(c4cc(OC)c5ccnn5c4)CC3)cc12. The molecular formula is C38H38FN9O4.